The third-order valence-electron chi connectivity index (χ3n) is 5.57. The summed E-state index contributed by atoms with van der Waals surface area (Å²) < 4.78 is 23.4. The Labute approximate surface area is 201 Å². The number of piperazine rings is 1. The summed E-state index contributed by atoms with van der Waals surface area (Å²) >= 11 is 6.02. The molecular weight excluding hydrogens is 461 g/mol. The number of benzene rings is 2. The van der Waals surface area contributed by atoms with Crippen LogP contribution in [-0.4, -0.2) is 59.9 Å². The highest BCUT2D eigenvalue weighted by Gasteiger charge is 2.23. The number of hydrogen-bond donors (Lipinski definition) is 0. The fraction of sp³-hybridized carbons (Fsp3) is 0.240. The molecule has 7 nitrogen and oxygen atoms in total. The Morgan fingerprint density at radius 1 is 1.06 bits per heavy atom. The molecule has 0 spiro atoms. The molecule has 34 heavy (non-hydrogen) atoms. The van der Waals surface area contributed by atoms with E-state index in [9.17, 15) is 14.0 Å². The van der Waals surface area contributed by atoms with E-state index in [1.807, 2.05) is 12.1 Å². The molecule has 0 saturated carbocycles. The molecule has 176 valence electrons. The van der Waals surface area contributed by atoms with Crippen molar-refractivity contribution in [2.45, 2.75) is 6.54 Å². The van der Waals surface area contributed by atoms with Gasteiger partial charge in [0, 0.05) is 37.3 Å². The molecule has 0 radical (unpaired) electrons. The van der Waals surface area contributed by atoms with Crippen LogP contribution in [0.25, 0.3) is 5.57 Å². The van der Waals surface area contributed by atoms with Gasteiger partial charge in [0.2, 0.25) is 11.8 Å². The molecule has 1 amide bonds. The molecule has 4 rings (SSSR count). The van der Waals surface area contributed by atoms with Crippen molar-refractivity contribution >= 4 is 29.1 Å². The van der Waals surface area contributed by atoms with E-state index in [4.69, 9.17) is 16.0 Å². The third kappa shape index (κ3) is 5.70. The molecule has 0 bridgehead atoms. The van der Waals surface area contributed by atoms with Crippen molar-refractivity contribution in [3.63, 3.8) is 0 Å². The highest BCUT2D eigenvalue weighted by molar-refractivity contribution is 6.30. The molecule has 0 unspecified atom stereocenters. The first-order valence-corrected chi connectivity index (χ1v) is 11.1. The molecular formula is C25H23ClFN3O4. The van der Waals surface area contributed by atoms with E-state index in [0.717, 1.165) is 11.1 Å². The summed E-state index contributed by atoms with van der Waals surface area (Å²) in [5, 5.41) is 0.592. The monoisotopic (exact) mass is 483 g/mol. The summed E-state index contributed by atoms with van der Waals surface area (Å²) in [7, 11) is 1.29. The first-order chi connectivity index (χ1) is 16.4. The molecule has 3 aromatic rings. The van der Waals surface area contributed by atoms with E-state index in [1.165, 1.54) is 25.5 Å². The van der Waals surface area contributed by atoms with Gasteiger partial charge in [0.1, 0.15) is 12.1 Å². The smallest absolute Gasteiger partial charge is 0.360 e. The number of nitrogens with zero attached hydrogens (tertiary/aromatic N) is 3. The zero-order valence-corrected chi connectivity index (χ0v) is 19.3. The molecule has 0 aliphatic carbocycles. The predicted molar refractivity (Wildman–Crippen MR) is 125 cm³/mol. The van der Waals surface area contributed by atoms with E-state index in [1.54, 1.807) is 35.2 Å². The minimum Gasteiger partial charge on any atom is -0.464 e. The van der Waals surface area contributed by atoms with E-state index >= 15 is 0 Å². The number of oxazole rings is 1. The van der Waals surface area contributed by atoms with Gasteiger partial charge in [-0.05, 0) is 41.0 Å². The van der Waals surface area contributed by atoms with Crippen molar-refractivity contribution < 1.29 is 23.1 Å². The summed E-state index contributed by atoms with van der Waals surface area (Å²) in [4.78, 5) is 32.7. The van der Waals surface area contributed by atoms with Crippen LogP contribution in [0, 0.1) is 5.82 Å². The van der Waals surface area contributed by atoms with Crippen molar-refractivity contribution in [1.29, 1.82) is 0 Å². The lowest BCUT2D eigenvalue weighted by Crippen LogP contribution is -2.47. The lowest BCUT2D eigenvalue weighted by atomic mass is 9.97. The zero-order valence-electron chi connectivity index (χ0n) is 18.5. The second-order valence-electron chi connectivity index (χ2n) is 7.79. The predicted octanol–water partition coefficient (Wildman–Crippen LogP) is 4.03. The van der Waals surface area contributed by atoms with Crippen LogP contribution in [0.5, 0.6) is 0 Å². The minimum atomic E-state index is -0.546. The number of amides is 1. The van der Waals surface area contributed by atoms with Gasteiger partial charge in [0.15, 0.2) is 5.69 Å². The highest BCUT2D eigenvalue weighted by Crippen LogP contribution is 2.25. The van der Waals surface area contributed by atoms with Crippen LogP contribution in [0.3, 0.4) is 0 Å². The van der Waals surface area contributed by atoms with Gasteiger partial charge >= 0.3 is 5.97 Å². The maximum absolute atomic E-state index is 13.5. The molecule has 0 atom stereocenters. The van der Waals surface area contributed by atoms with Crippen LogP contribution < -0.4 is 0 Å². The molecule has 0 N–H and O–H groups in total. The molecule has 2 heterocycles. The number of carbonyl (C=O) groups is 2. The number of esters is 1. The molecule has 1 aliphatic heterocycles. The van der Waals surface area contributed by atoms with Crippen LogP contribution in [0.15, 0.2) is 65.3 Å². The Morgan fingerprint density at radius 3 is 2.29 bits per heavy atom. The minimum absolute atomic E-state index is 0.127. The van der Waals surface area contributed by atoms with Gasteiger partial charge in [0.05, 0.1) is 13.7 Å². The Bertz CT molecular complexity index is 1140. The van der Waals surface area contributed by atoms with Crippen molar-refractivity contribution in [2.75, 3.05) is 33.3 Å². The van der Waals surface area contributed by atoms with Crippen LogP contribution in [-0.2, 0) is 16.1 Å². The number of hydrogen-bond acceptors (Lipinski definition) is 6. The van der Waals surface area contributed by atoms with Gasteiger partial charge in [-0.3, -0.25) is 9.69 Å². The summed E-state index contributed by atoms with van der Waals surface area (Å²) in [6, 6.07) is 13.2. The van der Waals surface area contributed by atoms with Crippen molar-refractivity contribution in [2.24, 2.45) is 0 Å². The number of carbonyl (C=O) groups excluding carboxylic acids is 2. The fourth-order valence-corrected chi connectivity index (χ4v) is 3.83. The Hall–Kier alpha value is -3.49. The molecule has 1 aliphatic rings. The fourth-order valence-electron chi connectivity index (χ4n) is 3.71. The normalized spacial score (nSPS) is 14.8. The van der Waals surface area contributed by atoms with E-state index in [-0.39, 0.29) is 17.4 Å². The van der Waals surface area contributed by atoms with Crippen LogP contribution in [0.4, 0.5) is 4.39 Å². The van der Waals surface area contributed by atoms with E-state index in [2.05, 4.69) is 14.6 Å². The van der Waals surface area contributed by atoms with Crippen molar-refractivity contribution in [1.82, 2.24) is 14.8 Å². The first-order valence-electron chi connectivity index (χ1n) is 10.7. The van der Waals surface area contributed by atoms with Crippen molar-refractivity contribution in [3.05, 3.63) is 94.4 Å². The average Bonchev–Trinajstić information content (AvgIpc) is 3.32. The highest BCUT2D eigenvalue weighted by atomic mass is 35.5. The second kappa shape index (κ2) is 10.6. The number of halogens is 2. The lowest BCUT2D eigenvalue weighted by molar-refractivity contribution is -0.127. The van der Waals surface area contributed by atoms with Gasteiger partial charge in [-0.2, -0.15) is 0 Å². The zero-order chi connectivity index (χ0) is 24.1. The topological polar surface area (TPSA) is 75.9 Å². The maximum Gasteiger partial charge on any atom is 0.360 e. The van der Waals surface area contributed by atoms with E-state index < -0.39 is 5.97 Å². The van der Waals surface area contributed by atoms with Crippen LogP contribution in [0.2, 0.25) is 5.02 Å². The lowest BCUT2D eigenvalue weighted by Gasteiger charge is -2.33. The Balaban J connectivity index is 1.44. The first kappa shape index (κ1) is 23.7. The Kier molecular flexibility index (Phi) is 7.40. The number of rotatable bonds is 6. The van der Waals surface area contributed by atoms with Gasteiger partial charge in [-0.15, -0.1) is 0 Å². The number of ether oxygens (including phenoxy) is 1. The SMILES string of the molecule is COC(=O)c1coc(CN2CCN(C(=O)C=C(c3ccc(F)cc3)c3ccc(Cl)cc3)CC2)n1. The third-order valence-corrected chi connectivity index (χ3v) is 5.82. The summed E-state index contributed by atoms with van der Waals surface area (Å²) in [6.45, 7) is 2.74. The van der Waals surface area contributed by atoms with Crippen LogP contribution >= 0.6 is 11.6 Å². The van der Waals surface area contributed by atoms with Gasteiger partial charge < -0.3 is 14.1 Å². The molecule has 1 fully saturated rings. The largest absolute Gasteiger partial charge is 0.464 e. The number of methoxy groups -OCH3 is 1. The molecule has 1 saturated heterocycles. The van der Waals surface area contributed by atoms with Gasteiger partial charge in [-0.25, -0.2) is 14.2 Å². The summed E-state index contributed by atoms with van der Waals surface area (Å²) in [5.74, 6) is -0.597. The van der Waals surface area contributed by atoms with Gasteiger partial charge in [0.25, 0.3) is 0 Å². The summed E-state index contributed by atoms with van der Waals surface area (Å²) in [6.07, 6.45) is 2.86. The molecule has 1 aromatic heterocycles. The van der Waals surface area contributed by atoms with E-state index in [0.29, 0.717) is 49.2 Å². The molecule has 9 heteroatoms. The average molecular weight is 484 g/mol. The Morgan fingerprint density at radius 2 is 1.68 bits per heavy atom. The van der Waals surface area contributed by atoms with Crippen molar-refractivity contribution in [3.8, 4) is 0 Å². The maximum atomic E-state index is 13.5. The number of aromatic nitrogens is 1. The molecule has 2 aromatic carbocycles. The quantitative estimate of drug-likeness (QED) is 0.389. The second-order valence-corrected chi connectivity index (χ2v) is 8.23. The van der Waals surface area contributed by atoms with Crippen LogP contribution in [0.1, 0.15) is 27.5 Å². The van der Waals surface area contributed by atoms with Gasteiger partial charge in [-0.1, -0.05) is 35.9 Å². The standard InChI is InChI=1S/C25H23ClFN3O4/c1-33-25(32)22-16-34-23(28-22)15-29-10-12-30(13-11-29)24(31)14-21(17-2-6-19(26)7-3-17)18-4-8-20(27)9-5-18/h2-9,14,16H,10-13,15H2,1H3. The summed E-state index contributed by atoms with van der Waals surface area (Å²) in [5.41, 5.74) is 2.38.